The third kappa shape index (κ3) is 3.36. The Balaban J connectivity index is 2.51. The second kappa shape index (κ2) is 5.40. The zero-order valence-corrected chi connectivity index (χ0v) is 10.3. The summed E-state index contributed by atoms with van der Waals surface area (Å²) < 4.78 is 77.5. The van der Waals surface area contributed by atoms with E-state index in [4.69, 9.17) is 0 Å². The van der Waals surface area contributed by atoms with E-state index in [0.29, 0.717) is 18.2 Å². The Hall–Kier alpha value is -2.02. The van der Waals surface area contributed by atoms with Crippen molar-refractivity contribution >= 4 is 0 Å². The topological polar surface area (TPSA) is 20.2 Å². The monoisotopic (exact) mass is 306 g/mol. The fourth-order valence-corrected chi connectivity index (χ4v) is 1.84. The average molecular weight is 306 g/mol. The van der Waals surface area contributed by atoms with Crippen molar-refractivity contribution in [2.24, 2.45) is 0 Å². The number of rotatable bonds is 2. The minimum absolute atomic E-state index is 0.248. The van der Waals surface area contributed by atoms with E-state index in [9.17, 15) is 31.4 Å². The first-order valence-corrected chi connectivity index (χ1v) is 5.69. The average Bonchev–Trinajstić information content (AvgIpc) is 2.39. The minimum Gasteiger partial charge on any atom is -0.384 e. The summed E-state index contributed by atoms with van der Waals surface area (Å²) in [5, 5.41) is 9.87. The van der Waals surface area contributed by atoms with E-state index in [0.717, 1.165) is 12.1 Å². The molecule has 1 nitrogen and oxygen atoms in total. The Kier molecular flexibility index (Phi) is 3.95. The van der Waals surface area contributed by atoms with Crippen molar-refractivity contribution in [3.05, 3.63) is 70.5 Å². The summed E-state index contributed by atoms with van der Waals surface area (Å²) in [5.41, 5.74) is -2.42. The molecule has 0 radical (unpaired) electrons. The smallest absolute Gasteiger partial charge is 0.384 e. The van der Waals surface area contributed by atoms with E-state index in [1.807, 2.05) is 0 Å². The zero-order chi connectivity index (χ0) is 15.8. The molecular weight excluding hydrogens is 298 g/mol. The number of aliphatic hydroxyl groups is 1. The van der Waals surface area contributed by atoms with Crippen molar-refractivity contribution in [3.8, 4) is 0 Å². The normalized spacial score (nSPS) is 13.3. The van der Waals surface area contributed by atoms with Gasteiger partial charge in [0.05, 0.1) is 5.56 Å². The lowest BCUT2D eigenvalue weighted by Gasteiger charge is -2.15. The summed E-state index contributed by atoms with van der Waals surface area (Å²) in [5.74, 6) is -3.13. The van der Waals surface area contributed by atoms with Crippen LogP contribution in [-0.2, 0) is 6.18 Å². The molecule has 0 aliphatic heterocycles. The summed E-state index contributed by atoms with van der Waals surface area (Å²) in [6.07, 6.45) is -6.74. The Morgan fingerprint density at radius 1 is 0.857 bits per heavy atom. The van der Waals surface area contributed by atoms with Crippen LogP contribution in [0.5, 0.6) is 0 Å². The highest BCUT2D eigenvalue weighted by molar-refractivity contribution is 5.35. The van der Waals surface area contributed by atoms with Gasteiger partial charge in [0, 0.05) is 5.56 Å². The van der Waals surface area contributed by atoms with Gasteiger partial charge in [-0.15, -0.1) is 0 Å². The van der Waals surface area contributed by atoms with Crippen LogP contribution in [0.15, 0.2) is 36.4 Å². The molecular formula is C14H8F6O. The van der Waals surface area contributed by atoms with Gasteiger partial charge in [0.1, 0.15) is 23.6 Å². The van der Waals surface area contributed by atoms with E-state index in [2.05, 4.69) is 0 Å². The van der Waals surface area contributed by atoms with E-state index in [1.54, 1.807) is 0 Å². The second-order valence-electron chi connectivity index (χ2n) is 4.34. The molecule has 1 N–H and O–H groups in total. The minimum atomic E-state index is -4.82. The number of benzene rings is 2. The first-order chi connectivity index (χ1) is 9.68. The van der Waals surface area contributed by atoms with Gasteiger partial charge in [-0.3, -0.25) is 0 Å². The molecule has 0 saturated carbocycles. The van der Waals surface area contributed by atoms with Gasteiger partial charge in [-0.05, 0) is 42.0 Å². The molecule has 0 aliphatic rings. The van der Waals surface area contributed by atoms with Crippen LogP contribution in [0.4, 0.5) is 26.3 Å². The van der Waals surface area contributed by atoms with Crippen molar-refractivity contribution in [2.45, 2.75) is 12.3 Å². The Bertz CT molecular complexity index is 665. The van der Waals surface area contributed by atoms with Gasteiger partial charge in [0.15, 0.2) is 0 Å². The third-order valence-electron chi connectivity index (χ3n) is 2.82. The van der Waals surface area contributed by atoms with E-state index < -0.39 is 46.4 Å². The lowest BCUT2D eigenvalue weighted by molar-refractivity contribution is -0.137. The predicted molar refractivity (Wildman–Crippen MR) is 61.8 cm³/mol. The van der Waals surface area contributed by atoms with Crippen molar-refractivity contribution in [2.75, 3.05) is 0 Å². The van der Waals surface area contributed by atoms with E-state index in [-0.39, 0.29) is 6.07 Å². The number of aliphatic hydroxyl groups excluding tert-OH is 1. The van der Waals surface area contributed by atoms with Crippen LogP contribution in [0.1, 0.15) is 22.8 Å². The molecule has 0 aromatic heterocycles. The van der Waals surface area contributed by atoms with Crippen LogP contribution >= 0.6 is 0 Å². The van der Waals surface area contributed by atoms with Crippen LogP contribution in [0.25, 0.3) is 0 Å². The number of halogens is 6. The van der Waals surface area contributed by atoms with Crippen LogP contribution < -0.4 is 0 Å². The molecule has 0 spiro atoms. The maximum atomic E-state index is 13.5. The molecule has 2 rings (SSSR count). The third-order valence-corrected chi connectivity index (χ3v) is 2.82. The van der Waals surface area contributed by atoms with Crippen LogP contribution in [0.2, 0.25) is 0 Å². The lowest BCUT2D eigenvalue weighted by Crippen LogP contribution is -2.09. The second-order valence-corrected chi connectivity index (χ2v) is 4.34. The molecule has 0 amide bonds. The molecule has 0 aliphatic carbocycles. The number of hydrogen-bond donors (Lipinski definition) is 1. The number of hydrogen-bond acceptors (Lipinski definition) is 1. The van der Waals surface area contributed by atoms with Gasteiger partial charge in [-0.1, -0.05) is 0 Å². The molecule has 1 unspecified atom stereocenters. The summed E-state index contributed by atoms with van der Waals surface area (Å²) in [6, 6.07) is 3.51. The molecule has 1 atom stereocenters. The largest absolute Gasteiger partial charge is 0.416 e. The first-order valence-electron chi connectivity index (χ1n) is 5.69. The molecule has 112 valence electrons. The van der Waals surface area contributed by atoms with E-state index in [1.165, 1.54) is 0 Å². The molecule has 7 heteroatoms. The molecule has 0 fully saturated rings. The molecule has 21 heavy (non-hydrogen) atoms. The fraction of sp³-hybridized carbons (Fsp3) is 0.143. The van der Waals surface area contributed by atoms with Crippen LogP contribution in [0, 0.1) is 17.5 Å². The highest BCUT2D eigenvalue weighted by Crippen LogP contribution is 2.33. The molecule has 0 heterocycles. The zero-order valence-electron chi connectivity index (χ0n) is 10.3. The van der Waals surface area contributed by atoms with Crippen molar-refractivity contribution in [3.63, 3.8) is 0 Å². The molecule has 2 aromatic rings. The molecule has 0 bridgehead atoms. The quantitative estimate of drug-likeness (QED) is 0.824. The van der Waals surface area contributed by atoms with Gasteiger partial charge < -0.3 is 5.11 Å². The summed E-state index contributed by atoms with van der Waals surface area (Å²) >= 11 is 0. The van der Waals surface area contributed by atoms with Crippen molar-refractivity contribution < 1.29 is 31.4 Å². The Labute approximate surface area is 115 Å². The predicted octanol–water partition coefficient (Wildman–Crippen LogP) is 4.20. The SMILES string of the molecule is OC(c1cc(F)cc(C(F)(F)F)c1)c1cc(F)ccc1F. The Morgan fingerprint density at radius 2 is 1.52 bits per heavy atom. The van der Waals surface area contributed by atoms with E-state index >= 15 is 0 Å². The van der Waals surface area contributed by atoms with Crippen molar-refractivity contribution in [1.29, 1.82) is 0 Å². The number of alkyl halides is 3. The maximum absolute atomic E-state index is 13.5. The standard InChI is InChI=1S/C14H8F6O/c15-9-1-2-12(17)11(6-9)13(21)7-3-8(14(18,19)20)5-10(16)4-7/h1-6,13,21H. The lowest BCUT2D eigenvalue weighted by atomic mass is 9.98. The summed E-state index contributed by atoms with van der Waals surface area (Å²) in [6.45, 7) is 0. The van der Waals surface area contributed by atoms with Gasteiger partial charge in [0.25, 0.3) is 0 Å². The van der Waals surface area contributed by atoms with Crippen LogP contribution in [-0.4, -0.2) is 5.11 Å². The fourth-order valence-electron chi connectivity index (χ4n) is 1.84. The highest BCUT2D eigenvalue weighted by atomic mass is 19.4. The Morgan fingerprint density at radius 3 is 2.14 bits per heavy atom. The van der Waals surface area contributed by atoms with Gasteiger partial charge in [-0.25, -0.2) is 13.2 Å². The summed E-state index contributed by atoms with van der Waals surface area (Å²) in [7, 11) is 0. The molecule has 0 saturated heterocycles. The first kappa shape index (κ1) is 15.4. The van der Waals surface area contributed by atoms with Gasteiger partial charge in [0.2, 0.25) is 0 Å². The van der Waals surface area contributed by atoms with Gasteiger partial charge in [-0.2, -0.15) is 13.2 Å². The van der Waals surface area contributed by atoms with Crippen LogP contribution in [0.3, 0.4) is 0 Å². The van der Waals surface area contributed by atoms with Gasteiger partial charge >= 0.3 is 6.18 Å². The van der Waals surface area contributed by atoms with Crippen molar-refractivity contribution in [1.82, 2.24) is 0 Å². The molecule has 2 aromatic carbocycles. The maximum Gasteiger partial charge on any atom is 0.416 e. The highest BCUT2D eigenvalue weighted by Gasteiger charge is 2.32. The summed E-state index contributed by atoms with van der Waals surface area (Å²) in [4.78, 5) is 0.